The third-order valence-electron chi connectivity index (χ3n) is 2.75. The minimum Gasteiger partial charge on any atom is -0.478 e. The minimum atomic E-state index is -0.952. The van der Waals surface area contributed by atoms with Crippen LogP contribution >= 0.6 is 0 Å². The molecule has 4 nitrogen and oxygen atoms in total. The van der Waals surface area contributed by atoms with Gasteiger partial charge >= 0.3 is 5.97 Å². The van der Waals surface area contributed by atoms with Gasteiger partial charge in [0.25, 0.3) is 0 Å². The molecule has 0 aliphatic rings. The van der Waals surface area contributed by atoms with E-state index in [2.05, 4.69) is 18.9 Å². The van der Waals surface area contributed by atoms with E-state index >= 15 is 0 Å². The molecule has 0 saturated heterocycles. The molecule has 0 bridgehead atoms. The van der Waals surface area contributed by atoms with E-state index in [1.807, 2.05) is 36.5 Å². The molecule has 0 fully saturated rings. The lowest BCUT2D eigenvalue weighted by Crippen LogP contribution is -1.97. The van der Waals surface area contributed by atoms with Gasteiger partial charge in [-0.1, -0.05) is 26.0 Å². The molecule has 0 amide bonds. The van der Waals surface area contributed by atoms with E-state index in [4.69, 9.17) is 5.11 Å². The van der Waals surface area contributed by atoms with Crippen molar-refractivity contribution in [2.24, 2.45) is 0 Å². The van der Waals surface area contributed by atoms with Crippen molar-refractivity contribution in [1.29, 1.82) is 0 Å². The number of carboxylic acids is 1. The molecule has 98 valence electrons. The van der Waals surface area contributed by atoms with Crippen LogP contribution in [0.5, 0.6) is 0 Å². The predicted octanol–water partition coefficient (Wildman–Crippen LogP) is 3.09. The van der Waals surface area contributed by atoms with Crippen LogP contribution in [0.4, 0.5) is 0 Å². The molecule has 0 atom stereocenters. The number of carboxylic acid groups (broad SMARTS) is 1. The Labute approximate surface area is 112 Å². The third-order valence-corrected chi connectivity index (χ3v) is 2.75. The molecule has 1 aromatic heterocycles. The Balaban J connectivity index is 2.29. The number of carbonyl (C=O) groups is 1. The molecule has 1 aromatic carbocycles. The molecule has 2 rings (SSSR count). The molecule has 0 radical (unpaired) electrons. The number of benzene rings is 1. The molecule has 1 N–H and O–H groups in total. The van der Waals surface area contributed by atoms with Gasteiger partial charge in [0.1, 0.15) is 0 Å². The van der Waals surface area contributed by atoms with Gasteiger partial charge in [-0.15, -0.1) is 0 Å². The minimum absolute atomic E-state index is 0.385. The van der Waals surface area contributed by atoms with Crippen molar-refractivity contribution < 1.29 is 9.90 Å². The van der Waals surface area contributed by atoms with E-state index < -0.39 is 5.97 Å². The third kappa shape index (κ3) is 3.31. The van der Waals surface area contributed by atoms with Crippen molar-refractivity contribution in [3.63, 3.8) is 0 Å². The SMILES string of the molecule is CC(C)c1ccn(-c2cccc(C=CC(=O)O)c2)n1. The number of aromatic nitrogens is 2. The first-order valence-electron chi connectivity index (χ1n) is 6.13. The van der Waals surface area contributed by atoms with Crippen LogP contribution in [0.1, 0.15) is 31.0 Å². The van der Waals surface area contributed by atoms with Gasteiger partial charge in [0.15, 0.2) is 0 Å². The summed E-state index contributed by atoms with van der Waals surface area (Å²) in [6.45, 7) is 4.19. The second-order valence-corrected chi connectivity index (χ2v) is 4.61. The Bertz CT molecular complexity index is 612. The highest BCUT2D eigenvalue weighted by atomic mass is 16.4. The highest BCUT2D eigenvalue weighted by Crippen LogP contribution is 2.15. The van der Waals surface area contributed by atoms with E-state index in [9.17, 15) is 4.79 Å². The molecule has 4 heteroatoms. The summed E-state index contributed by atoms with van der Waals surface area (Å²) in [4.78, 5) is 10.5. The number of rotatable bonds is 4. The summed E-state index contributed by atoms with van der Waals surface area (Å²) in [5, 5.41) is 13.1. The summed E-state index contributed by atoms with van der Waals surface area (Å²) < 4.78 is 1.80. The standard InChI is InChI=1S/C15H16N2O2/c1-11(2)14-8-9-17(16-14)13-5-3-4-12(10-13)6-7-15(18)19/h3-11H,1-2H3,(H,18,19). The van der Waals surface area contributed by atoms with Crippen LogP contribution in [0, 0.1) is 0 Å². The molecule has 0 spiro atoms. The fraction of sp³-hybridized carbons (Fsp3) is 0.200. The average molecular weight is 256 g/mol. The summed E-state index contributed by atoms with van der Waals surface area (Å²) >= 11 is 0. The van der Waals surface area contributed by atoms with E-state index in [-0.39, 0.29) is 0 Å². The zero-order chi connectivity index (χ0) is 13.8. The first-order valence-corrected chi connectivity index (χ1v) is 6.13. The summed E-state index contributed by atoms with van der Waals surface area (Å²) in [5.74, 6) is -0.567. The number of hydrogen-bond acceptors (Lipinski definition) is 2. The lowest BCUT2D eigenvalue weighted by Gasteiger charge is -2.03. The van der Waals surface area contributed by atoms with Crippen molar-refractivity contribution >= 4 is 12.0 Å². The predicted molar refractivity (Wildman–Crippen MR) is 74.3 cm³/mol. The zero-order valence-corrected chi connectivity index (χ0v) is 10.9. The summed E-state index contributed by atoms with van der Waals surface area (Å²) in [6.07, 6.45) is 4.61. The highest BCUT2D eigenvalue weighted by molar-refractivity contribution is 5.85. The zero-order valence-electron chi connectivity index (χ0n) is 10.9. The first-order chi connectivity index (χ1) is 9.06. The maximum absolute atomic E-state index is 10.5. The van der Waals surface area contributed by atoms with E-state index in [0.29, 0.717) is 5.92 Å². The summed E-state index contributed by atoms with van der Waals surface area (Å²) in [5.41, 5.74) is 2.78. The molecule has 1 heterocycles. The Morgan fingerprint density at radius 2 is 2.16 bits per heavy atom. The van der Waals surface area contributed by atoms with Gasteiger partial charge in [0.05, 0.1) is 11.4 Å². The maximum Gasteiger partial charge on any atom is 0.328 e. The molecule has 0 aliphatic heterocycles. The lowest BCUT2D eigenvalue weighted by molar-refractivity contribution is -0.131. The van der Waals surface area contributed by atoms with E-state index in [0.717, 1.165) is 23.0 Å². The fourth-order valence-corrected chi connectivity index (χ4v) is 1.73. The second kappa shape index (κ2) is 5.52. The first kappa shape index (κ1) is 13.1. The van der Waals surface area contributed by atoms with Crippen LogP contribution in [0.3, 0.4) is 0 Å². The molecule has 19 heavy (non-hydrogen) atoms. The van der Waals surface area contributed by atoms with Gasteiger partial charge in [-0.3, -0.25) is 0 Å². The van der Waals surface area contributed by atoms with Crippen LogP contribution < -0.4 is 0 Å². The van der Waals surface area contributed by atoms with Crippen molar-refractivity contribution in [3.05, 3.63) is 53.9 Å². The van der Waals surface area contributed by atoms with Crippen LogP contribution in [0.25, 0.3) is 11.8 Å². The molecule has 2 aromatic rings. The fourth-order valence-electron chi connectivity index (χ4n) is 1.73. The molecular formula is C15H16N2O2. The summed E-state index contributed by atoms with van der Waals surface area (Å²) in [6, 6.07) is 9.57. The van der Waals surface area contributed by atoms with Gasteiger partial charge in [-0.2, -0.15) is 5.10 Å². The molecular weight excluding hydrogens is 240 g/mol. The van der Waals surface area contributed by atoms with Gasteiger partial charge in [0, 0.05) is 12.3 Å². The number of nitrogens with zero attached hydrogens (tertiary/aromatic N) is 2. The van der Waals surface area contributed by atoms with Crippen molar-refractivity contribution in [2.75, 3.05) is 0 Å². The van der Waals surface area contributed by atoms with Gasteiger partial charge in [-0.05, 0) is 35.8 Å². The lowest BCUT2D eigenvalue weighted by atomic mass is 10.1. The normalized spacial score (nSPS) is 11.3. The van der Waals surface area contributed by atoms with Crippen molar-refractivity contribution in [2.45, 2.75) is 19.8 Å². The Hall–Kier alpha value is -2.36. The highest BCUT2D eigenvalue weighted by Gasteiger charge is 2.04. The van der Waals surface area contributed by atoms with Crippen LogP contribution in [-0.4, -0.2) is 20.9 Å². The topological polar surface area (TPSA) is 55.1 Å². The molecule has 0 saturated carbocycles. The Morgan fingerprint density at radius 3 is 2.79 bits per heavy atom. The van der Waals surface area contributed by atoms with Gasteiger partial charge in [-0.25, -0.2) is 9.48 Å². The van der Waals surface area contributed by atoms with Crippen LogP contribution in [-0.2, 0) is 4.79 Å². The van der Waals surface area contributed by atoms with Crippen molar-refractivity contribution in [3.8, 4) is 5.69 Å². The number of hydrogen-bond donors (Lipinski definition) is 1. The van der Waals surface area contributed by atoms with Crippen LogP contribution in [0.15, 0.2) is 42.6 Å². The Morgan fingerprint density at radius 1 is 1.37 bits per heavy atom. The molecule has 0 unspecified atom stereocenters. The van der Waals surface area contributed by atoms with Gasteiger partial charge < -0.3 is 5.11 Å². The smallest absolute Gasteiger partial charge is 0.328 e. The maximum atomic E-state index is 10.5. The van der Waals surface area contributed by atoms with E-state index in [1.165, 1.54) is 0 Å². The van der Waals surface area contributed by atoms with E-state index in [1.54, 1.807) is 10.8 Å². The largest absolute Gasteiger partial charge is 0.478 e. The van der Waals surface area contributed by atoms with Crippen LogP contribution in [0.2, 0.25) is 0 Å². The number of aliphatic carboxylic acids is 1. The quantitative estimate of drug-likeness (QED) is 0.855. The Kier molecular flexibility index (Phi) is 3.80. The molecule has 0 aliphatic carbocycles. The average Bonchev–Trinajstić information content (AvgIpc) is 2.86. The second-order valence-electron chi connectivity index (χ2n) is 4.61. The summed E-state index contributed by atoms with van der Waals surface area (Å²) in [7, 11) is 0. The monoisotopic (exact) mass is 256 g/mol. The van der Waals surface area contributed by atoms with Gasteiger partial charge in [0.2, 0.25) is 0 Å². The van der Waals surface area contributed by atoms with Crippen molar-refractivity contribution in [1.82, 2.24) is 9.78 Å².